The van der Waals surface area contributed by atoms with E-state index in [1.165, 1.54) is 28.7 Å². The van der Waals surface area contributed by atoms with Crippen LogP contribution in [0.2, 0.25) is 0 Å². The first-order valence-corrected chi connectivity index (χ1v) is 8.36. The van der Waals surface area contributed by atoms with E-state index < -0.39 is 0 Å². The van der Waals surface area contributed by atoms with E-state index in [1.807, 2.05) is 6.20 Å². The third kappa shape index (κ3) is 2.87. The van der Waals surface area contributed by atoms with Crippen LogP contribution in [-0.2, 0) is 6.54 Å². The molecule has 3 heterocycles. The molecule has 0 radical (unpaired) electrons. The van der Waals surface area contributed by atoms with E-state index in [0.717, 1.165) is 32.0 Å². The zero-order valence-electron chi connectivity index (χ0n) is 13.7. The van der Waals surface area contributed by atoms with Gasteiger partial charge in [-0.05, 0) is 36.8 Å². The fraction of sp³-hybridized carbons (Fsp3) is 0.316. The second kappa shape index (κ2) is 6.24. The Morgan fingerprint density at radius 1 is 1.21 bits per heavy atom. The summed E-state index contributed by atoms with van der Waals surface area (Å²) in [6, 6.07) is 12.2. The van der Waals surface area contributed by atoms with Gasteiger partial charge in [-0.1, -0.05) is 12.1 Å². The van der Waals surface area contributed by atoms with Crippen LogP contribution < -0.4 is 4.90 Å². The first-order chi connectivity index (χ1) is 11.7. The van der Waals surface area contributed by atoms with Crippen LogP contribution in [0.1, 0.15) is 12.5 Å². The summed E-state index contributed by atoms with van der Waals surface area (Å²) < 4.78 is 13.1. The van der Waals surface area contributed by atoms with Crippen LogP contribution >= 0.6 is 0 Å². The van der Waals surface area contributed by atoms with Crippen LogP contribution in [-0.4, -0.2) is 40.5 Å². The van der Waals surface area contributed by atoms with Gasteiger partial charge in [0.15, 0.2) is 0 Å². The Kier molecular flexibility index (Phi) is 3.94. The van der Waals surface area contributed by atoms with Gasteiger partial charge in [0.25, 0.3) is 0 Å². The molecule has 1 N–H and O–H groups in total. The lowest BCUT2D eigenvalue weighted by atomic mass is 10.1. The molecular weight excluding hydrogens is 303 g/mol. The topological polar surface area (TPSA) is 35.2 Å². The molecule has 1 atom stereocenters. The Morgan fingerprint density at radius 2 is 2.12 bits per heavy atom. The molecule has 4 rings (SSSR count). The van der Waals surface area contributed by atoms with Crippen molar-refractivity contribution in [2.45, 2.75) is 19.5 Å². The molecule has 0 amide bonds. The van der Waals surface area contributed by atoms with Crippen molar-refractivity contribution in [3.05, 3.63) is 60.2 Å². The highest BCUT2D eigenvalue weighted by Crippen LogP contribution is 2.22. The Balaban J connectivity index is 1.47. The standard InChI is InChI=1S/C19H21FN4/c1-14-12-23(9-10-24(14)19-6-5-16(20)11-22-19)13-15-3-2-4-18-17(15)7-8-21-18/h2-8,11,14,21H,9-10,12-13H2,1H3. The van der Waals surface area contributed by atoms with E-state index >= 15 is 0 Å². The number of halogens is 1. The van der Waals surface area contributed by atoms with Gasteiger partial charge in [-0.2, -0.15) is 0 Å². The number of aromatic nitrogens is 2. The monoisotopic (exact) mass is 324 g/mol. The van der Waals surface area contributed by atoms with Crippen molar-refractivity contribution in [1.82, 2.24) is 14.9 Å². The maximum absolute atomic E-state index is 13.1. The molecule has 0 bridgehead atoms. The van der Waals surface area contributed by atoms with Gasteiger partial charge in [0.05, 0.1) is 6.20 Å². The average Bonchev–Trinajstić information content (AvgIpc) is 3.06. The first kappa shape index (κ1) is 15.1. The number of hydrogen-bond acceptors (Lipinski definition) is 3. The molecular formula is C19H21FN4. The van der Waals surface area contributed by atoms with Gasteiger partial charge >= 0.3 is 0 Å². The molecule has 4 nitrogen and oxygen atoms in total. The molecule has 1 aliphatic heterocycles. The largest absolute Gasteiger partial charge is 0.361 e. The molecule has 3 aromatic rings. The van der Waals surface area contributed by atoms with Crippen LogP contribution in [0.15, 0.2) is 48.8 Å². The number of H-pyrrole nitrogens is 1. The minimum Gasteiger partial charge on any atom is -0.361 e. The molecule has 1 saturated heterocycles. The van der Waals surface area contributed by atoms with Crippen molar-refractivity contribution in [2.24, 2.45) is 0 Å². The van der Waals surface area contributed by atoms with Crippen molar-refractivity contribution >= 4 is 16.7 Å². The second-order valence-electron chi connectivity index (χ2n) is 6.47. The van der Waals surface area contributed by atoms with Crippen molar-refractivity contribution in [3.8, 4) is 0 Å². The highest BCUT2D eigenvalue weighted by atomic mass is 19.1. The number of benzene rings is 1. The van der Waals surface area contributed by atoms with E-state index in [1.54, 1.807) is 6.07 Å². The maximum atomic E-state index is 13.1. The number of pyridine rings is 1. The number of anilines is 1. The van der Waals surface area contributed by atoms with Crippen LogP contribution in [0.5, 0.6) is 0 Å². The lowest BCUT2D eigenvalue weighted by Crippen LogP contribution is -2.51. The molecule has 1 aliphatic rings. The second-order valence-corrected chi connectivity index (χ2v) is 6.47. The van der Waals surface area contributed by atoms with E-state index in [-0.39, 0.29) is 5.82 Å². The number of fused-ring (bicyclic) bond motifs is 1. The Morgan fingerprint density at radius 3 is 2.92 bits per heavy atom. The lowest BCUT2D eigenvalue weighted by molar-refractivity contribution is 0.221. The van der Waals surface area contributed by atoms with Gasteiger partial charge < -0.3 is 9.88 Å². The molecule has 2 aromatic heterocycles. The number of rotatable bonds is 3. The summed E-state index contributed by atoms with van der Waals surface area (Å²) in [7, 11) is 0. The van der Waals surface area contributed by atoms with Crippen molar-refractivity contribution < 1.29 is 4.39 Å². The fourth-order valence-electron chi connectivity index (χ4n) is 3.58. The molecule has 0 spiro atoms. The van der Waals surface area contributed by atoms with Crippen LogP contribution in [0.25, 0.3) is 10.9 Å². The normalized spacial score (nSPS) is 19.1. The molecule has 0 saturated carbocycles. The van der Waals surface area contributed by atoms with Gasteiger partial charge in [-0.3, -0.25) is 4.90 Å². The number of hydrogen-bond donors (Lipinski definition) is 1. The van der Waals surface area contributed by atoms with Gasteiger partial charge in [0.2, 0.25) is 0 Å². The molecule has 124 valence electrons. The van der Waals surface area contributed by atoms with Crippen LogP contribution in [0.3, 0.4) is 0 Å². The van der Waals surface area contributed by atoms with Crippen molar-refractivity contribution in [3.63, 3.8) is 0 Å². The fourth-order valence-corrected chi connectivity index (χ4v) is 3.58. The summed E-state index contributed by atoms with van der Waals surface area (Å²) in [5.74, 6) is 0.570. The highest BCUT2D eigenvalue weighted by molar-refractivity contribution is 5.82. The number of aromatic amines is 1. The summed E-state index contributed by atoms with van der Waals surface area (Å²) in [4.78, 5) is 12.2. The van der Waals surface area contributed by atoms with Gasteiger partial charge in [-0.25, -0.2) is 9.37 Å². The zero-order chi connectivity index (χ0) is 16.5. The van der Waals surface area contributed by atoms with Gasteiger partial charge in [-0.15, -0.1) is 0 Å². The minimum absolute atomic E-state index is 0.287. The van der Waals surface area contributed by atoms with Crippen LogP contribution in [0.4, 0.5) is 10.2 Å². The predicted molar refractivity (Wildman–Crippen MR) is 94.6 cm³/mol. The molecule has 24 heavy (non-hydrogen) atoms. The zero-order valence-corrected chi connectivity index (χ0v) is 13.7. The summed E-state index contributed by atoms with van der Waals surface area (Å²) in [5, 5.41) is 1.30. The van der Waals surface area contributed by atoms with E-state index in [4.69, 9.17) is 0 Å². The maximum Gasteiger partial charge on any atom is 0.141 e. The van der Waals surface area contributed by atoms with E-state index in [2.05, 4.69) is 51.0 Å². The molecule has 0 aliphatic carbocycles. The van der Waals surface area contributed by atoms with Gasteiger partial charge in [0.1, 0.15) is 11.6 Å². The average molecular weight is 324 g/mol. The molecule has 5 heteroatoms. The highest BCUT2D eigenvalue weighted by Gasteiger charge is 2.25. The predicted octanol–water partition coefficient (Wildman–Crippen LogP) is 3.41. The molecule has 1 unspecified atom stereocenters. The minimum atomic E-state index is -0.287. The summed E-state index contributed by atoms with van der Waals surface area (Å²) in [5.41, 5.74) is 2.55. The molecule has 1 aromatic carbocycles. The van der Waals surface area contributed by atoms with E-state index in [0.29, 0.717) is 6.04 Å². The Hall–Kier alpha value is -2.40. The quantitative estimate of drug-likeness (QED) is 0.802. The smallest absolute Gasteiger partial charge is 0.141 e. The summed E-state index contributed by atoms with van der Waals surface area (Å²) in [6.45, 7) is 6.01. The third-order valence-corrected chi connectivity index (χ3v) is 4.80. The third-order valence-electron chi connectivity index (χ3n) is 4.80. The Labute approximate surface area is 140 Å². The number of nitrogens with zero attached hydrogens (tertiary/aromatic N) is 3. The summed E-state index contributed by atoms with van der Waals surface area (Å²) >= 11 is 0. The number of piperazine rings is 1. The summed E-state index contributed by atoms with van der Waals surface area (Å²) in [6.07, 6.45) is 3.29. The van der Waals surface area contributed by atoms with Gasteiger partial charge in [0, 0.05) is 49.3 Å². The van der Waals surface area contributed by atoms with Crippen molar-refractivity contribution in [2.75, 3.05) is 24.5 Å². The lowest BCUT2D eigenvalue weighted by Gasteiger charge is -2.40. The molecule has 1 fully saturated rings. The van der Waals surface area contributed by atoms with Crippen molar-refractivity contribution in [1.29, 1.82) is 0 Å². The van der Waals surface area contributed by atoms with Crippen LogP contribution in [0, 0.1) is 5.82 Å². The van der Waals surface area contributed by atoms with E-state index in [9.17, 15) is 4.39 Å². The first-order valence-electron chi connectivity index (χ1n) is 8.36. The number of nitrogens with one attached hydrogen (secondary N) is 1. The SMILES string of the molecule is CC1CN(Cc2cccc3[nH]ccc23)CCN1c1ccc(F)cn1. The Bertz CT molecular complexity index is 827.